The minimum atomic E-state index is 0.547. The predicted octanol–water partition coefficient (Wildman–Crippen LogP) is 3.11. The van der Waals surface area contributed by atoms with E-state index in [1.807, 2.05) is 32.4 Å². The molecule has 0 aliphatic carbocycles. The third-order valence-corrected chi connectivity index (χ3v) is 3.20. The molecule has 0 aliphatic rings. The average molecular weight is 270 g/mol. The lowest BCUT2D eigenvalue weighted by atomic mass is 10.1. The molecule has 0 amide bonds. The molecule has 1 heterocycles. The number of halogens is 2. The van der Waals surface area contributed by atoms with E-state index in [4.69, 9.17) is 23.2 Å². The van der Waals surface area contributed by atoms with Crippen molar-refractivity contribution in [3.63, 3.8) is 0 Å². The van der Waals surface area contributed by atoms with Gasteiger partial charge >= 0.3 is 0 Å². The first kappa shape index (κ1) is 12.4. The second kappa shape index (κ2) is 5.08. The van der Waals surface area contributed by atoms with Gasteiger partial charge in [-0.25, -0.2) is 0 Å². The molecule has 0 bridgehead atoms. The maximum absolute atomic E-state index is 6.02. The zero-order chi connectivity index (χ0) is 12.4. The summed E-state index contributed by atoms with van der Waals surface area (Å²) < 4.78 is 1.80. The monoisotopic (exact) mass is 269 g/mol. The van der Waals surface area contributed by atoms with Gasteiger partial charge in [-0.15, -0.1) is 0 Å². The van der Waals surface area contributed by atoms with Crippen molar-refractivity contribution in [3.8, 4) is 11.3 Å². The molecule has 1 aromatic heterocycles. The van der Waals surface area contributed by atoms with Crippen molar-refractivity contribution in [2.24, 2.45) is 7.05 Å². The van der Waals surface area contributed by atoms with Crippen molar-refractivity contribution in [1.29, 1.82) is 0 Å². The van der Waals surface area contributed by atoms with Crippen LogP contribution in [-0.4, -0.2) is 16.8 Å². The Morgan fingerprint density at radius 2 is 2.06 bits per heavy atom. The standard InChI is InChI=1S/C12H13Cl2N3/c1-15-6-9-7-17(2)16-12(9)8-3-4-10(13)11(14)5-8/h3-5,7,15H,6H2,1-2H3. The van der Waals surface area contributed by atoms with E-state index < -0.39 is 0 Å². The van der Waals surface area contributed by atoms with E-state index in [0.717, 1.165) is 23.4 Å². The Morgan fingerprint density at radius 3 is 2.71 bits per heavy atom. The van der Waals surface area contributed by atoms with Crippen LogP contribution in [0, 0.1) is 0 Å². The first-order valence-corrected chi connectivity index (χ1v) is 6.00. The number of nitrogens with one attached hydrogen (secondary N) is 1. The van der Waals surface area contributed by atoms with E-state index >= 15 is 0 Å². The van der Waals surface area contributed by atoms with E-state index in [9.17, 15) is 0 Å². The highest BCUT2D eigenvalue weighted by Gasteiger charge is 2.10. The Hall–Kier alpha value is -1.03. The SMILES string of the molecule is CNCc1cn(C)nc1-c1ccc(Cl)c(Cl)c1. The number of hydrogen-bond acceptors (Lipinski definition) is 2. The highest BCUT2D eigenvalue weighted by Crippen LogP contribution is 2.29. The molecule has 0 saturated carbocycles. The summed E-state index contributed by atoms with van der Waals surface area (Å²) in [5.41, 5.74) is 3.04. The third kappa shape index (κ3) is 2.63. The lowest BCUT2D eigenvalue weighted by Crippen LogP contribution is -2.05. The molecule has 0 atom stereocenters. The third-order valence-electron chi connectivity index (χ3n) is 2.46. The fourth-order valence-corrected chi connectivity index (χ4v) is 2.04. The van der Waals surface area contributed by atoms with Gasteiger partial charge in [0.25, 0.3) is 0 Å². The van der Waals surface area contributed by atoms with Crippen molar-refractivity contribution >= 4 is 23.2 Å². The zero-order valence-corrected chi connectivity index (χ0v) is 11.2. The number of aromatic nitrogens is 2. The summed E-state index contributed by atoms with van der Waals surface area (Å²) in [7, 11) is 3.81. The minimum absolute atomic E-state index is 0.547. The van der Waals surface area contributed by atoms with Crippen molar-refractivity contribution in [3.05, 3.63) is 40.0 Å². The highest BCUT2D eigenvalue weighted by atomic mass is 35.5. The Balaban J connectivity index is 2.47. The van der Waals surface area contributed by atoms with Gasteiger partial charge in [0.05, 0.1) is 15.7 Å². The summed E-state index contributed by atoms with van der Waals surface area (Å²) in [6, 6.07) is 5.55. The van der Waals surface area contributed by atoms with Crippen LogP contribution in [0.5, 0.6) is 0 Å². The summed E-state index contributed by atoms with van der Waals surface area (Å²) in [6.45, 7) is 0.767. The molecule has 0 fully saturated rings. The predicted molar refractivity (Wildman–Crippen MR) is 71.4 cm³/mol. The number of rotatable bonds is 3. The van der Waals surface area contributed by atoms with E-state index in [1.165, 1.54) is 0 Å². The summed E-state index contributed by atoms with van der Waals surface area (Å²) >= 11 is 11.9. The van der Waals surface area contributed by atoms with Gasteiger partial charge in [0.15, 0.2) is 0 Å². The molecule has 0 aliphatic heterocycles. The molecular formula is C12H13Cl2N3. The van der Waals surface area contributed by atoms with Crippen LogP contribution in [0.15, 0.2) is 24.4 Å². The summed E-state index contributed by atoms with van der Waals surface area (Å²) in [6.07, 6.45) is 1.99. The van der Waals surface area contributed by atoms with Gasteiger partial charge < -0.3 is 5.32 Å². The van der Waals surface area contributed by atoms with Crippen LogP contribution >= 0.6 is 23.2 Å². The Labute approximate surface area is 110 Å². The smallest absolute Gasteiger partial charge is 0.0968 e. The van der Waals surface area contributed by atoms with Gasteiger partial charge in [0.1, 0.15) is 0 Å². The molecule has 5 heteroatoms. The summed E-state index contributed by atoms with van der Waals surface area (Å²) in [4.78, 5) is 0. The van der Waals surface area contributed by atoms with Gasteiger partial charge in [0, 0.05) is 30.9 Å². The molecule has 0 spiro atoms. The fourth-order valence-electron chi connectivity index (χ4n) is 1.74. The highest BCUT2D eigenvalue weighted by molar-refractivity contribution is 6.42. The Morgan fingerprint density at radius 1 is 1.29 bits per heavy atom. The molecule has 2 aromatic rings. The van der Waals surface area contributed by atoms with Gasteiger partial charge in [-0.3, -0.25) is 4.68 Å². The topological polar surface area (TPSA) is 29.9 Å². The largest absolute Gasteiger partial charge is 0.316 e. The maximum atomic E-state index is 6.02. The van der Waals surface area contributed by atoms with Crippen molar-refractivity contribution in [2.45, 2.75) is 6.54 Å². The molecule has 17 heavy (non-hydrogen) atoms. The van der Waals surface area contributed by atoms with E-state index in [-0.39, 0.29) is 0 Å². The number of benzene rings is 1. The average Bonchev–Trinajstić information content (AvgIpc) is 2.64. The molecule has 0 radical (unpaired) electrons. The zero-order valence-electron chi connectivity index (χ0n) is 9.67. The van der Waals surface area contributed by atoms with Crippen LogP contribution in [0.25, 0.3) is 11.3 Å². The molecule has 1 aromatic carbocycles. The van der Waals surface area contributed by atoms with E-state index in [2.05, 4.69) is 10.4 Å². The quantitative estimate of drug-likeness (QED) is 0.928. The lowest BCUT2D eigenvalue weighted by Gasteiger charge is -2.03. The molecule has 1 N–H and O–H groups in total. The number of aryl methyl sites for hydroxylation is 1. The molecular weight excluding hydrogens is 257 g/mol. The van der Waals surface area contributed by atoms with Crippen LogP contribution in [0.3, 0.4) is 0 Å². The van der Waals surface area contributed by atoms with Gasteiger partial charge in [-0.2, -0.15) is 5.10 Å². The molecule has 2 rings (SSSR count). The van der Waals surface area contributed by atoms with Crippen LogP contribution in [0.1, 0.15) is 5.56 Å². The first-order chi connectivity index (χ1) is 8.11. The van der Waals surface area contributed by atoms with Crippen molar-refractivity contribution in [2.75, 3.05) is 7.05 Å². The molecule has 90 valence electrons. The fraction of sp³-hybridized carbons (Fsp3) is 0.250. The van der Waals surface area contributed by atoms with Crippen LogP contribution in [-0.2, 0) is 13.6 Å². The van der Waals surface area contributed by atoms with Gasteiger partial charge in [-0.05, 0) is 19.2 Å². The van der Waals surface area contributed by atoms with Crippen molar-refractivity contribution < 1.29 is 0 Å². The first-order valence-electron chi connectivity index (χ1n) is 5.24. The molecule has 0 saturated heterocycles. The maximum Gasteiger partial charge on any atom is 0.0968 e. The second-order valence-electron chi connectivity index (χ2n) is 3.84. The lowest BCUT2D eigenvalue weighted by molar-refractivity contribution is 0.765. The van der Waals surface area contributed by atoms with Gasteiger partial charge in [0.2, 0.25) is 0 Å². The number of hydrogen-bond donors (Lipinski definition) is 1. The summed E-state index contributed by atoms with van der Waals surface area (Å²) in [5, 5.41) is 8.67. The normalized spacial score (nSPS) is 10.8. The van der Waals surface area contributed by atoms with Crippen LogP contribution in [0.4, 0.5) is 0 Å². The molecule has 3 nitrogen and oxygen atoms in total. The van der Waals surface area contributed by atoms with Crippen LogP contribution < -0.4 is 5.32 Å². The molecule has 0 unspecified atom stereocenters. The van der Waals surface area contributed by atoms with E-state index in [1.54, 1.807) is 10.7 Å². The van der Waals surface area contributed by atoms with Crippen LogP contribution in [0.2, 0.25) is 10.0 Å². The Kier molecular flexibility index (Phi) is 3.72. The summed E-state index contributed by atoms with van der Waals surface area (Å²) in [5.74, 6) is 0. The van der Waals surface area contributed by atoms with E-state index in [0.29, 0.717) is 10.0 Å². The second-order valence-corrected chi connectivity index (χ2v) is 4.65. The number of nitrogens with zero attached hydrogens (tertiary/aromatic N) is 2. The van der Waals surface area contributed by atoms with Crippen molar-refractivity contribution in [1.82, 2.24) is 15.1 Å². The minimum Gasteiger partial charge on any atom is -0.316 e. The van der Waals surface area contributed by atoms with Gasteiger partial charge in [-0.1, -0.05) is 29.3 Å². The Bertz CT molecular complexity index is 535.